The van der Waals surface area contributed by atoms with Gasteiger partial charge in [-0.25, -0.2) is 0 Å². The molecule has 0 radical (unpaired) electrons. The molecule has 3 rings (SSSR count). The summed E-state index contributed by atoms with van der Waals surface area (Å²) in [4.78, 5) is 13.2. The number of ether oxygens (including phenoxy) is 2. The highest BCUT2D eigenvalue weighted by Gasteiger charge is 2.19. The number of nitrogens with one attached hydrogen (secondary N) is 1. The van der Waals surface area contributed by atoms with Gasteiger partial charge in [-0.3, -0.25) is 4.79 Å². The van der Waals surface area contributed by atoms with Gasteiger partial charge in [0.25, 0.3) is 5.91 Å². The molecular weight excluding hydrogens is 358 g/mol. The Morgan fingerprint density at radius 1 is 1.12 bits per heavy atom. The van der Waals surface area contributed by atoms with Crippen molar-refractivity contribution in [2.75, 3.05) is 14.2 Å². The van der Waals surface area contributed by atoms with Gasteiger partial charge in [-0.1, -0.05) is 35.9 Å². The van der Waals surface area contributed by atoms with Crippen molar-refractivity contribution in [2.45, 2.75) is 13.0 Å². The van der Waals surface area contributed by atoms with E-state index in [0.717, 1.165) is 15.6 Å². The van der Waals surface area contributed by atoms with Crippen LogP contribution in [0.5, 0.6) is 11.5 Å². The van der Waals surface area contributed by atoms with Crippen LogP contribution in [-0.4, -0.2) is 20.1 Å². The minimum atomic E-state index is -0.200. The van der Waals surface area contributed by atoms with E-state index in [2.05, 4.69) is 5.32 Å². The molecule has 0 saturated heterocycles. The number of amides is 1. The summed E-state index contributed by atoms with van der Waals surface area (Å²) in [6, 6.07) is 13.1. The molecule has 0 aliphatic heterocycles. The second kappa shape index (κ2) is 7.33. The van der Waals surface area contributed by atoms with Crippen molar-refractivity contribution in [1.82, 2.24) is 5.32 Å². The number of hydrogen-bond acceptors (Lipinski definition) is 4. The Balaban J connectivity index is 1.83. The zero-order valence-electron chi connectivity index (χ0n) is 14.1. The molecule has 1 aromatic heterocycles. The molecule has 1 amide bonds. The van der Waals surface area contributed by atoms with Crippen LogP contribution in [0.1, 0.15) is 28.2 Å². The summed E-state index contributed by atoms with van der Waals surface area (Å²) >= 11 is 7.78. The Kier molecular flexibility index (Phi) is 5.16. The van der Waals surface area contributed by atoms with E-state index < -0.39 is 0 Å². The molecule has 0 fully saturated rings. The van der Waals surface area contributed by atoms with Crippen LogP contribution in [-0.2, 0) is 0 Å². The van der Waals surface area contributed by atoms with E-state index in [0.29, 0.717) is 21.4 Å². The summed E-state index contributed by atoms with van der Waals surface area (Å²) < 4.78 is 11.6. The molecular formula is C19H18ClNO3S. The lowest BCUT2D eigenvalue weighted by Gasteiger charge is -2.16. The van der Waals surface area contributed by atoms with E-state index >= 15 is 0 Å². The smallest absolute Gasteiger partial charge is 0.263 e. The standard InChI is InChI=1S/C19H18ClNO3S/c1-11(12-8-9-14(23-2)15(10-12)24-3)21-19(22)18-17(20)13-6-4-5-7-16(13)25-18/h4-11H,1-3H3,(H,21,22)/t11-/m0/s1. The van der Waals surface area contributed by atoms with Crippen molar-refractivity contribution in [3.8, 4) is 11.5 Å². The summed E-state index contributed by atoms with van der Waals surface area (Å²) in [5, 5.41) is 4.39. The zero-order valence-corrected chi connectivity index (χ0v) is 15.7. The number of hydrogen-bond donors (Lipinski definition) is 1. The summed E-state index contributed by atoms with van der Waals surface area (Å²) in [7, 11) is 3.17. The molecule has 4 nitrogen and oxygen atoms in total. The summed E-state index contributed by atoms with van der Waals surface area (Å²) in [6.45, 7) is 1.92. The normalized spacial score (nSPS) is 12.0. The summed E-state index contributed by atoms with van der Waals surface area (Å²) in [5.41, 5.74) is 0.920. The lowest BCUT2D eigenvalue weighted by atomic mass is 10.1. The Morgan fingerprint density at radius 3 is 2.52 bits per heavy atom. The van der Waals surface area contributed by atoms with Crippen LogP contribution in [0.2, 0.25) is 5.02 Å². The SMILES string of the molecule is COc1ccc([C@H](C)NC(=O)c2sc3ccccc3c2Cl)cc1OC. The van der Waals surface area contributed by atoms with E-state index in [4.69, 9.17) is 21.1 Å². The fraction of sp³-hybridized carbons (Fsp3) is 0.211. The van der Waals surface area contributed by atoms with Crippen molar-refractivity contribution in [3.63, 3.8) is 0 Å². The van der Waals surface area contributed by atoms with Crippen LogP contribution < -0.4 is 14.8 Å². The second-order valence-electron chi connectivity index (χ2n) is 5.55. The summed E-state index contributed by atoms with van der Waals surface area (Å²) in [6.07, 6.45) is 0. The second-order valence-corrected chi connectivity index (χ2v) is 6.98. The van der Waals surface area contributed by atoms with E-state index in [-0.39, 0.29) is 11.9 Å². The Hall–Kier alpha value is -2.24. The maximum Gasteiger partial charge on any atom is 0.263 e. The van der Waals surface area contributed by atoms with E-state index in [1.165, 1.54) is 11.3 Å². The van der Waals surface area contributed by atoms with E-state index in [9.17, 15) is 4.79 Å². The highest BCUT2D eigenvalue weighted by Crippen LogP contribution is 2.35. The third-order valence-electron chi connectivity index (χ3n) is 4.00. The molecule has 0 aliphatic rings. The third-order valence-corrected chi connectivity index (χ3v) is 5.67. The van der Waals surface area contributed by atoms with Crippen molar-refractivity contribution >= 4 is 38.9 Å². The number of benzene rings is 2. The first kappa shape index (κ1) is 17.6. The molecule has 1 atom stereocenters. The molecule has 130 valence electrons. The fourth-order valence-corrected chi connectivity index (χ4v) is 4.05. The Bertz CT molecular complexity index is 922. The maximum atomic E-state index is 12.7. The van der Waals surface area contributed by atoms with Crippen LogP contribution in [0.3, 0.4) is 0 Å². The minimum Gasteiger partial charge on any atom is -0.493 e. The molecule has 0 bridgehead atoms. The van der Waals surface area contributed by atoms with Crippen molar-refractivity contribution < 1.29 is 14.3 Å². The Morgan fingerprint density at radius 2 is 1.84 bits per heavy atom. The molecule has 1 heterocycles. The monoisotopic (exact) mass is 375 g/mol. The Labute approximate surface area is 155 Å². The first-order valence-corrected chi connectivity index (χ1v) is 8.94. The molecule has 0 saturated carbocycles. The highest BCUT2D eigenvalue weighted by molar-refractivity contribution is 7.21. The van der Waals surface area contributed by atoms with E-state index in [1.807, 2.05) is 49.4 Å². The average molecular weight is 376 g/mol. The number of fused-ring (bicyclic) bond motifs is 1. The lowest BCUT2D eigenvalue weighted by molar-refractivity contribution is 0.0944. The fourth-order valence-electron chi connectivity index (χ4n) is 2.63. The molecule has 6 heteroatoms. The van der Waals surface area contributed by atoms with Crippen molar-refractivity contribution in [3.05, 3.63) is 57.9 Å². The zero-order chi connectivity index (χ0) is 18.0. The number of carbonyl (C=O) groups excluding carboxylic acids is 1. The number of thiophene rings is 1. The molecule has 1 N–H and O–H groups in total. The number of rotatable bonds is 5. The van der Waals surface area contributed by atoms with Crippen LogP contribution in [0.4, 0.5) is 0 Å². The number of methoxy groups -OCH3 is 2. The van der Waals surface area contributed by atoms with Crippen LogP contribution in [0.15, 0.2) is 42.5 Å². The van der Waals surface area contributed by atoms with Gasteiger partial charge in [-0.2, -0.15) is 0 Å². The van der Waals surface area contributed by atoms with Crippen LogP contribution in [0, 0.1) is 0 Å². The molecule has 0 unspecified atom stereocenters. The molecule has 25 heavy (non-hydrogen) atoms. The van der Waals surface area contributed by atoms with Gasteiger partial charge in [-0.05, 0) is 30.7 Å². The maximum absolute atomic E-state index is 12.7. The van der Waals surface area contributed by atoms with Crippen LogP contribution >= 0.6 is 22.9 Å². The summed E-state index contributed by atoms with van der Waals surface area (Å²) in [5.74, 6) is 1.09. The highest BCUT2D eigenvalue weighted by atomic mass is 35.5. The number of carbonyl (C=O) groups is 1. The molecule has 0 spiro atoms. The van der Waals surface area contributed by atoms with E-state index in [1.54, 1.807) is 14.2 Å². The average Bonchev–Trinajstić information content (AvgIpc) is 2.98. The van der Waals surface area contributed by atoms with Gasteiger partial charge in [-0.15, -0.1) is 11.3 Å². The van der Waals surface area contributed by atoms with Crippen molar-refractivity contribution in [1.29, 1.82) is 0 Å². The van der Waals surface area contributed by atoms with Gasteiger partial charge in [0.2, 0.25) is 0 Å². The van der Waals surface area contributed by atoms with Gasteiger partial charge in [0.15, 0.2) is 11.5 Å². The third kappa shape index (κ3) is 3.43. The first-order valence-electron chi connectivity index (χ1n) is 7.75. The molecule has 3 aromatic rings. The van der Waals surface area contributed by atoms with Crippen molar-refractivity contribution in [2.24, 2.45) is 0 Å². The van der Waals surface area contributed by atoms with Gasteiger partial charge in [0.1, 0.15) is 4.88 Å². The predicted molar refractivity (Wildman–Crippen MR) is 102 cm³/mol. The topological polar surface area (TPSA) is 47.6 Å². The largest absolute Gasteiger partial charge is 0.493 e. The van der Waals surface area contributed by atoms with Crippen LogP contribution in [0.25, 0.3) is 10.1 Å². The predicted octanol–water partition coefficient (Wildman–Crippen LogP) is 5.06. The van der Waals surface area contributed by atoms with Gasteiger partial charge < -0.3 is 14.8 Å². The quantitative estimate of drug-likeness (QED) is 0.677. The minimum absolute atomic E-state index is 0.187. The first-order chi connectivity index (χ1) is 12.0. The lowest BCUT2D eigenvalue weighted by Crippen LogP contribution is -2.26. The molecule has 0 aliphatic carbocycles. The number of halogens is 1. The van der Waals surface area contributed by atoms with Gasteiger partial charge in [0.05, 0.1) is 25.3 Å². The van der Waals surface area contributed by atoms with Gasteiger partial charge >= 0.3 is 0 Å². The van der Waals surface area contributed by atoms with Gasteiger partial charge in [0, 0.05) is 10.1 Å². The molecule has 2 aromatic carbocycles.